The first-order chi connectivity index (χ1) is 15.0. The third-order valence-corrected chi connectivity index (χ3v) is 5.51. The van der Waals surface area contributed by atoms with E-state index in [-0.39, 0.29) is 36.1 Å². The third-order valence-electron chi connectivity index (χ3n) is 5.51. The summed E-state index contributed by atoms with van der Waals surface area (Å²) >= 11 is 0. The molecular formula is C22H24N4O5. The number of fused-ring (bicyclic) bond motifs is 3. The van der Waals surface area contributed by atoms with Crippen LogP contribution in [-0.4, -0.2) is 33.5 Å². The van der Waals surface area contributed by atoms with Gasteiger partial charge in [0.1, 0.15) is 24.2 Å². The van der Waals surface area contributed by atoms with E-state index in [1.165, 1.54) is 10.6 Å². The second-order valence-corrected chi connectivity index (χ2v) is 7.68. The van der Waals surface area contributed by atoms with E-state index in [1.807, 2.05) is 0 Å². The van der Waals surface area contributed by atoms with Crippen LogP contribution in [0.5, 0.6) is 0 Å². The van der Waals surface area contributed by atoms with Gasteiger partial charge in [-0.1, -0.05) is 31.1 Å². The van der Waals surface area contributed by atoms with Crippen LogP contribution in [0.25, 0.3) is 22.1 Å². The van der Waals surface area contributed by atoms with Gasteiger partial charge in [-0.2, -0.15) is 0 Å². The van der Waals surface area contributed by atoms with Gasteiger partial charge in [0.05, 0.1) is 0 Å². The van der Waals surface area contributed by atoms with Gasteiger partial charge in [0.15, 0.2) is 0 Å². The number of carbonyl (C=O) groups is 2. The number of nitrogens with zero attached hydrogens (tertiary/aromatic N) is 2. The third kappa shape index (κ3) is 4.03. The summed E-state index contributed by atoms with van der Waals surface area (Å²) in [4.78, 5) is 51.1. The monoisotopic (exact) mass is 424 g/mol. The molecule has 0 atom stereocenters. The zero-order valence-electron chi connectivity index (χ0n) is 17.1. The minimum atomic E-state index is -0.737. The van der Waals surface area contributed by atoms with E-state index in [2.05, 4.69) is 17.2 Å². The molecule has 2 heterocycles. The molecule has 1 aliphatic rings. The molecule has 1 aromatic carbocycles. The largest absolute Gasteiger partial charge is 0.449 e. The maximum atomic E-state index is 13.2. The topological polar surface area (TPSA) is 115 Å². The molecule has 162 valence electrons. The molecule has 2 aromatic heterocycles. The van der Waals surface area contributed by atoms with E-state index in [0.29, 0.717) is 11.0 Å². The van der Waals surface area contributed by atoms with Gasteiger partial charge in [-0.25, -0.2) is 9.36 Å². The standard InChI is InChI=1S/C22H24N4O5/c1-2-11-23-17(27)12-26-21(29)20-19(15-9-5-6-10-16(15)31-20)25(22(26)30)13-18(28)24-14-7-3-4-8-14/h2,5-6,9-10,14H,1,3-4,7-8,11-13H2,(H,23,27)(H,24,28). The second kappa shape index (κ2) is 8.63. The van der Waals surface area contributed by atoms with Crippen LogP contribution in [0.1, 0.15) is 25.7 Å². The van der Waals surface area contributed by atoms with Gasteiger partial charge in [0.25, 0.3) is 5.56 Å². The van der Waals surface area contributed by atoms with Crippen LogP contribution in [0, 0.1) is 0 Å². The van der Waals surface area contributed by atoms with Crippen molar-refractivity contribution in [2.75, 3.05) is 6.54 Å². The molecule has 9 heteroatoms. The van der Waals surface area contributed by atoms with Crippen LogP contribution < -0.4 is 21.9 Å². The van der Waals surface area contributed by atoms with Gasteiger partial charge < -0.3 is 15.1 Å². The Labute approximate surface area is 177 Å². The quantitative estimate of drug-likeness (QED) is 0.554. The van der Waals surface area contributed by atoms with E-state index < -0.39 is 23.7 Å². The molecule has 0 unspecified atom stereocenters. The first kappa shape index (κ1) is 20.6. The minimum absolute atomic E-state index is 0.0639. The summed E-state index contributed by atoms with van der Waals surface area (Å²) < 4.78 is 7.74. The van der Waals surface area contributed by atoms with E-state index >= 15 is 0 Å². The lowest BCUT2D eigenvalue weighted by atomic mass is 10.2. The van der Waals surface area contributed by atoms with E-state index in [0.717, 1.165) is 30.3 Å². The van der Waals surface area contributed by atoms with E-state index in [1.54, 1.807) is 24.3 Å². The van der Waals surface area contributed by atoms with Crippen LogP contribution >= 0.6 is 0 Å². The molecule has 2 N–H and O–H groups in total. The number of aromatic nitrogens is 2. The van der Waals surface area contributed by atoms with Crippen molar-refractivity contribution in [1.29, 1.82) is 0 Å². The highest BCUT2D eigenvalue weighted by Crippen LogP contribution is 2.25. The lowest BCUT2D eigenvalue weighted by Crippen LogP contribution is -2.46. The Kier molecular flexibility index (Phi) is 5.75. The zero-order valence-corrected chi connectivity index (χ0v) is 17.1. The zero-order chi connectivity index (χ0) is 22.0. The number of nitrogens with one attached hydrogen (secondary N) is 2. The number of rotatable bonds is 7. The predicted octanol–water partition coefficient (Wildman–Crippen LogP) is 1.27. The molecule has 1 fully saturated rings. The van der Waals surface area contributed by atoms with Crippen molar-refractivity contribution in [1.82, 2.24) is 19.8 Å². The Morgan fingerprint density at radius 1 is 1.10 bits per heavy atom. The molecule has 1 aliphatic carbocycles. The number of hydrogen-bond donors (Lipinski definition) is 2. The second-order valence-electron chi connectivity index (χ2n) is 7.68. The number of carbonyl (C=O) groups excluding carboxylic acids is 2. The van der Waals surface area contributed by atoms with E-state index in [9.17, 15) is 19.2 Å². The van der Waals surface area contributed by atoms with Crippen molar-refractivity contribution in [3.05, 3.63) is 57.8 Å². The first-order valence-electron chi connectivity index (χ1n) is 10.3. The molecule has 9 nitrogen and oxygen atoms in total. The first-order valence-corrected chi connectivity index (χ1v) is 10.3. The minimum Gasteiger partial charge on any atom is -0.449 e. The molecular weight excluding hydrogens is 400 g/mol. The maximum absolute atomic E-state index is 13.2. The average Bonchev–Trinajstić information content (AvgIpc) is 3.40. The van der Waals surface area contributed by atoms with Crippen LogP contribution in [0.4, 0.5) is 0 Å². The highest BCUT2D eigenvalue weighted by molar-refractivity contribution is 6.02. The fourth-order valence-corrected chi connectivity index (χ4v) is 4.05. The Morgan fingerprint density at radius 2 is 1.81 bits per heavy atom. The van der Waals surface area contributed by atoms with Gasteiger partial charge in [0, 0.05) is 18.0 Å². The fourth-order valence-electron chi connectivity index (χ4n) is 4.05. The molecule has 3 aromatic rings. The summed E-state index contributed by atoms with van der Waals surface area (Å²) in [6, 6.07) is 7.02. The van der Waals surface area contributed by atoms with Crippen molar-refractivity contribution in [3.63, 3.8) is 0 Å². The van der Waals surface area contributed by atoms with Crippen molar-refractivity contribution in [3.8, 4) is 0 Å². The molecule has 2 amide bonds. The Morgan fingerprint density at radius 3 is 2.55 bits per heavy atom. The van der Waals surface area contributed by atoms with Gasteiger partial charge in [-0.05, 0) is 25.0 Å². The van der Waals surface area contributed by atoms with Crippen molar-refractivity contribution in [2.24, 2.45) is 0 Å². The molecule has 0 radical (unpaired) electrons. The molecule has 0 bridgehead atoms. The summed E-state index contributed by atoms with van der Waals surface area (Å²) in [5, 5.41) is 6.06. The maximum Gasteiger partial charge on any atom is 0.332 e. The lowest BCUT2D eigenvalue weighted by Gasteiger charge is -2.15. The summed E-state index contributed by atoms with van der Waals surface area (Å²) in [5.74, 6) is -0.835. The number of para-hydroxylation sites is 1. The molecule has 0 saturated heterocycles. The summed E-state index contributed by atoms with van der Waals surface area (Å²) in [6.45, 7) is 2.97. The number of benzene rings is 1. The molecule has 1 saturated carbocycles. The van der Waals surface area contributed by atoms with Crippen molar-refractivity contribution < 1.29 is 14.0 Å². The summed E-state index contributed by atoms with van der Waals surface area (Å²) in [6.07, 6.45) is 5.44. The van der Waals surface area contributed by atoms with Crippen LogP contribution in [0.15, 0.2) is 50.9 Å². The highest BCUT2D eigenvalue weighted by Gasteiger charge is 2.23. The molecule has 0 aliphatic heterocycles. The lowest BCUT2D eigenvalue weighted by molar-refractivity contribution is -0.122. The molecule has 0 spiro atoms. The SMILES string of the molecule is C=CCNC(=O)Cn1c(=O)c2oc3ccccc3c2n(CC(=O)NC2CCCC2)c1=O. The summed E-state index contributed by atoms with van der Waals surface area (Å²) in [7, 11) is 0. The highest BCUT2D eigenvalue weighted by atomic mass is 16.3. The molecule has 4 rings (SSSR count). The normalized spacial score (nSPS) is 14.2. The smallest absolute Gasteiger partial charge is 0.332 e. The number of furan rings is 1. The van der Waals surface area contributed by atoms with Gasteiger partial charge in [0.2, 0.25) is 17.4 Å². The Balaban J connectivity index is 1.81. The Bertz CT molecular complexity index is 1280. The van der Waals surface area contributed by atoms with Crippen LogP contribution in [0.2, 0.25) is 0 Å². The number of amides is 2. The number of hydrogen-bond acceptors (Lipinski definition) is 5. The van der Waals surface area contributed by atoms with Gasteiger partial charge in [-0.3, -0.25) is 19.0 Å². The van der Waals surface area contributed by atoms with Crippen LogP contribution in [-0.2, 0) is 22.7 Å². The van der Waals surface area contributed by atoms with Crippen molar-refractivity contribution in [2.45, 2.75) is 44.8 Å². The molecule has 31 heavy (non-hydrogen) atoms. The fraction of sp³-hybridized carbons (Fsp3) is 0.364. The van der Waals surface area contributed by atoms with Gasteiger partial charge in [-0.15, -0.1) is 6.58 Å². The summed E-state index contributed by atoms with van der Waals surface area (Å²) in [5.41, 5.74) is -0.828. The van der Waals surface area contributed by atoms with Crippen LogP contribution in [0.3, 0.4) is 0 Å². The van der Waals surface area contributed by atoms with Gasteiger partial charge >= 0.3 is 5.69 Å². The van der Waals surface area contributed by atoms with Crippen molar-refractivity contribution >= 4 is 33.9 Å². The predicted molar refractivity (Wildman–Crippen MR) is 116 cm³/mol. The Hall–Kier alpha value is -3.62. The average molecular weight is 424 g/mol. The van der Waals surface area contributed by atoms with E-state index in [4.69, 9.17) is 4.42 Å².